The van der Waals surface area contributed by atoms with Crippen molar-refractivity contribution in [1.29, 1.82) is 0 Å². The summed E-state index contributed by atoms with van der Waals surface area (Å²) >= 11 is 6.08. The fourth-order valence-electron chi connectivity index (χ4n) is 3.00. The van der Waals surface area contributed by atoms with Gasteiger partial charge in [-0.05, 0) is 31.4 Å². The fourth-order valence-corrected chi connectivity index (χ4v) is 3.24. The zero-order valence-corrected chi connectivity index (χ0v) is 11.8. The summed E-state index contributed by atoms with van der Waals surface area (Å²) in [7, 11) is 1.69. The summed E-state index contributed by atoms with van der Waals surface area (Å²) in [5.41, 5.74) is 2.97. The van der Waals surface area contributed by atoms with E-state index in [-0.39, 0.29) is 17.5 Å². The zero-order valence-electron chi connectivity index (χ0n) is 11.1. The third-order valence-electron chi connectivity index (χ3n) is 4.16. The van der Waals surface area contributed by atoms with E-state index in [1.807, 2.05) is 0 Å². The standard InChI is InChI=1S/C14H20ClFN2O/c1-19-14(7-2-3-8-14)13(18-17)9-10-11(15)5-4-6-12(10)16/h4-6,13,18H,2-3,7-9,17H2,1H3. The van der Waals surface area contributed by atoms with Crippen LogP contribution in [0.4, 0.5) is 4.39 Å². The SMILES string of the molecule is COC1(C(Cc2c(F)cccc2Cl)NN)CCCC1. The maximum atomic E-state index is 13.9. The lowest BCUT2D eigenvalue weighted by atomic mass is 9.87. The van der Waals surface area contributed by atoms with Gasteiger partial charge in [0.1, 0.15) is 5.82 Å². The summed E-state index contributed by atoms with van der Waals surface area (Å²) < 4.78 is 19.6. The molecule has 0 aromatic heterocycles. The lowest BCUT2D eigenvalue weighted by molar-refractivity contribution is -0.0357. The van der Waals surface area contributed by atoms with Crippen molar-refractivity contribution in [3.8, 4) is 0 Å². The summed E-state index contributed by atoms with van der Waals surface area (Å²) in [6.07, 6.45) is 4.51. The van der Waals surface area contributed by atoms with E-state index in [9.17, 15) is 4.39 Å². The number of rotatable bonds is 5. The van der Waals surface area contributed by atoms with Crippen LogP contribution in [-0.2, 0) is 11.2 Å². The van der Waals surface area contributed by atoms with Gasteiger partial charge in [-0.25, -0.2) is 4.39 Å². The third kappa shape index (κ3) is 2.92. The Morgan fingerprint density at radius 3 is 2.68 bits per heavy atom. The maximum absolute atomic E-state index is 13.9. The van der Waals surface area contributed by atoms with Crippen LogP contribution in [0.2, 0.25) is 5.02 Å². The van der Waals surface area contributed by atoms with Crippen LogP contribution >= 0.6 is 11.6 Å². The molecule has 1 aliphatic carbocycles. The molecular formula is C14H20ClFN2O. The van der Waals surface area contributed by atoms with Crippen molar-refractivity contribution in [1.82, 2.24) is 5.43 Å². The molecule has 3 N–H and O–H groups in total. The van der Waals surface area contributed by atoms with Gasteiger partial charge in [0.25, 0.3) is 0 Å². The highest BCUT2D eigenvalue weighted by Crippen LogP contribution is 2.37. The molecule has 1 aliphatic rings. The van der Waals surface area contributed by atoms with Crippen LogP contribution < -0.4 is 11.3 Å². The molecule has 1 atom stereocenters. The number of ether oxygens (including phenoxy) is 1. The zero-order chi connectivity index (χ0) is 13.9. The van der Waals surface area contributed by atoms with Gasteiger partial charge in [-0.2, -0.15) is 0 Å². The Morgan fingerprint density at radius 2 is 2.16 bits per heavy atom. The van der Waals surface area contributed by atoms with E-state index in [1.165, 1.54) is 6.07 Å². The molecule has 5 heteroatoms. The fraction of sp³-hybridized carbons (Fsp3) is 0.571. The second-order valence-electron chi connectivity index (χ2n) is 5.10. The van der Waals surface area contributed by atoms with Gasteiger partial charge in [-0.1, -0.05) is 30.5 Å². The molecule has 3 nitrogen and oxygen atoms in total. The topological polar surface area (TPSA) is 47.3 Å². The number of nitrogens with one attached hydrogen (secondary N) is 1. The van der Waals surface area contributed by atoms with Gasteiger partial charge < -0.3 is 4.74 Å². The number of halogens is 2. The van der Waals surface area contributed by atoms with Crippen LogP contribution in [-0.4, -0.2) is 18.8 Å². The Hall–Kier alpha value is -0.680. The quantitative estimate of drug-likeness (QED) is 0.646. The van der Waals surface area contributed by atoms with Gasteiger partial charge in [0.05, 0.1) is 11.6 Å². The second kappa shape index (κ2) is 6.18. The smallest absolute Gasteiger partial charge is 0.127 e. The minimum Gasteiger partial charge on any atom is -0.377 e. The van der Waals surface area contributed by atoms with Crippen molar-refractivity contribution in [2.75, 3.05) is 7.11 Å². The first-order valence-electron chi connectivity index (χ1n) is 6.57. The third-order valence-corrected chi connectivity index (χ3v) is 4.52. The Bertz CT molecular complexity index is 415. The van der Waals surface area contributed by atoms with E-state index in [0.717, 1.165) is 25.7 Å². The van der Waals surface area contributed by atoms with Crippen molar-refractivity contribution < 1.29 is 9.13 Å². The number of nitrogens with two attached hydrogens (primary N) is 1. The van der Waals surface area contributed by atoms with E-state index in [2.05, 4.69) is 5.43 Å². The largest absolute Gasteiger partial charge is 0.377 e. The molecule has 1 aromatic carbocycles. The molecule has 0 aliphatic heterocycles. The highest BCUT2D eigenvalue weighted by molar-refractivity contribution is 6.31. The maximum Gasteiger partial charge on any atom is 0.127 e. The molecule has 2 rings (SSSR count). The van der Waals surface area contributed by atoms with Crippen LogP contribution in [0.15, 0.2) is 18.2 Å². The van der Waals surface area contributed by atoms with Gasteiger partial charge in [-0.15, -0.1) is 0 Å². The van der Waals surface area contributed by atoms with Crippen LogP contribution in [0, 0.1) is 5.82 Å². The minimum atomic E-state index is -0.319. The summed E-state index contributed by atoms with van der Waals surface area (Å²) in [6, 6.07) is 4.58. The predicted molar refractivity (Wildman–Crippen MR) is 74.4 cm³/mol. The van der Waals surface area contributed by atoms with Crippen LogP contribution in [0.1, 0.15) is 31.2 Å². The molecule has 1 aromatic rings. The van der Waals surface area contributed by atoms with Gasteiger partial charge in [0, 0.05) is 17.7 Å². The van der Waals surface area contributed by atoms with E-state index >= 15 is 0 Å². The normalized spacial score (nSPS) is 19.6. The van der Waals surface area contributed by atoms with Crippen LogP contribution in [0.25, 0.3) is 0 Å². The number of methoxy groups -OCH3 is 1. The molecule has 106 valence electrons. The van der Waals surface area contributed by atoms with Crippen molar-refractivity contribution in [2.45, 2.75) is 43.7 Å². The van der Waals surface area contributed by atoms with Gasteiger partial charge in [0.15, 0.2) is 0 Å². The Balaban J connectivity index is 2.24. The molecule has 19 heavy (non-hydrogen) atoms. The molecule has 1 unspecified atom stereocenters. The van der Waals surface area contributed by atoms with E-state index < -0.39 is 0 Å². The van der Waals surface area contributed by atoms with E-state index in [4.69, 9.17) is 22.2 Å². The summed E-state index contributed by atoms with van der Waals surface area (Å²) in [5.74, 6) is 5.37. The second-order valence-corrected chi connectivity index (χ2v) is 5.51. The molecule has 0 saturated heterocycles. The lowest BCUT2D eigenvalue weighted by Crippen LogP contribution is -2.54. The van der Waals surface area contributed by atoms with E-state index in [0.29, 0.717) is 17.0 Å². The number of hydrogen-bond acceptors (Lipinski definition) is 3. The number of benzene rings is 1. The predicted octanol–water partition coefficient (Wildman–Crippen LogP) is 2.81. The summed E-state index contributed by atoms with van der Waals surface area (Å²) in [6.45, 7) is 0. The first-order chi connectivity index (χ1) is 9.13. The first kappa shape index (κ1) is 14.7. The summed E-state index contributed by atoms with van der Waals surface area (Å²) in [5, 5.41) is 0.435. The molecule has 0 amide bonds. The van der Waals surface area contributed by atoms with Crippen LogP contribution in [0.3, 0.4) is 0 Å². The monoisotopic (exact) mass is 286 g/mol. The van der Waals surface area contributed by atoms with Crippen molar-refractivity contribution in [2.24, 2.45) is 5.84 Å². The molecule has 0 bridgehead atoms. The van der Waals surface area contributed by atoms with E-state index in [1.54, 1.807) is 19.2 Å². The first-order valence-corrected chi connectivity index (χ1v) is 6.95. The highest BCUT2D eigenvalue weighted by atomic mass is 35.5. The highest BCUT2D eigenvalue weighted by Gasteiger charge is 2.41. The summed E-state index contributed by atoms with van der Waals surface area (Å²) in [4.78, 5) is 0. The average Bonchev–Trinajstić information content (AvgIpc) is 2.88. The molecular weight excluding hydrogens is 267 g/mol. The number of hydrazine groups is 1. The van der Waals surface area contributed by atoms with Gasteiger partial charge in [-0.3, -0.25) is 11.3 Å². The lowest BCUT2D eigenvalue weighted by Gasteiger charge is -2.36. The average molecular weight is 287 g/mol. The molecule has 0 radical (unpaired) electrons. The molecule has 1 saturated carbocycles. The Labute approximate surface area is 118 Å². The Morgan fingerprint density at radius 1 is 1.47 bits per heavy atom. The van der Waals surface area contributed by atoms with Gasteiger partial charge >= 0.3 is 0 Å². The molecule has 1 fully saturated rings. The van der Waals surface area contributed by atoms with Crippen LogP contribution in [0.5, 0.6) is 0 Å². The van der Waals surface area contributed by atoms with Crippen molar-refractivity contribution in [3.63, 3.8) is 0 Å². The Kier molecular flexibility index (Phi) is 4.79. The molecule has 0 spiro atoms. The van der Waals surface area contributed by atoms with Gasteiger partial charge in [0.2, 0.25) is 0 Å². The number of hydrogen-bond donors (Lipinski definition) is 2. The minimum absolute atomic E-state index is 0.144. The van der Waals surface area contributed by atoms with Crippen molar-refractivity contribution in [3.05, 3.63) is 34.6 Å². The van der Waals surface area contributed by atoms with Crippen molar-refractivity contribution >= 4 is 11.6 Å². The molecule has 0 heterocycles.